The van der Waals surface area contributed by atoms with Crippen molar-refractivity contribution >= 4 is 5.91 Å². The van der Waals surface area contributed by atoms with Crippen molar-refractivity contribution in [2.24, 2.45) is 11.7 Å². The van der Waals surface area contributed by atoms with Crippen LogP contribution in [-0.2, 0) is 4.79 Å². The molecule has 1 saturated carbocycles. The lowest BCUT2D eigenvalue weighted by atomic mass is 9.85. The second kappa shape index (κ2) is 4.97. The van der Waals surface area contributed by atoms with Gasteiger partial charge < -0.3 is 11.1 Å². The Balaban J connectivity index is 2.41. The van der Waals surface area contributed by atoms with E-state index in [2.05, 4.69) is 26.1 Å². The predicted molar refractivity (Wildman–Crippen MR) is 62.4 cm³/mol. The molecule has 0 heterocycles. The van der Waals surface area contributed by atoms with Gasteiger partial charge in [-0.3, -0.25) is 4.79 Å². The maximum absolute atomic E-state index is 10.9. The Morgan fingerprint density at radius 1 is 1.47 bits per heavy atom. The van der Waals surface area contributed by atoms with Crippen molar-refractivity contribution in [1.29, 1.82) is 0 Å². The summed E-state index contributed by atoms with van der Waals surface area (Å²) in [6.45, 7) is 6.41. The largest absolute Gasteiger partial charge is 0.370 e. The molecule has 0 aromatic heterocycles. The Labute approximate surface area is 92.8 Å². The quantitative estimate of drug-likeness (QED) is 0.746. The second-order valence-corrected chi connectivity index (χ2v) is 5.64. The Hall–Kier alpha value is -0.570. The van der Waals surface area contributed by atoms with Gasteiger partial charge in [-0.15, -0.1) is 0 Å². The average Bonchev–Trinajstić information content (AvgIpc) is 1.99. The van der Waals surface area contributed by atoms with E-state index in [0.717, 1.165) is 5.92 Å². The van der Waals surface area contributed by atoms with E-state index in [9.17, 15) is 4.79 Å². The molecule has 15 heavy (non-hydrogen) atoms. The maximum atomic E-state index is 10.9. The van der Waals surface area contributed by atoms with Crippen LogP contribution < -0.4 is 11.1 Å². The zero-order valence-corrected chi connectivity index (χ0v) is 10.2. The van der Waals surface area contributed by atoms with E-state index in [-0.39, 0.29) is 11.4 Å². The summed E-state index contributed by atoms with van der Waals surface area (Å²) < 4.78 is 0. The van der Waals surface area contributed by atoms with Crippen LogP contribution in [0.4, 0.5) is 0 Å². The minimum absolute atomic E-state index is 0.159. The van der Waals surface area contributed by atoms with Crippen molar-refractivity contribution in [2.45, 2.75) is 64.5 Å². The van der Waals surface area contributed by atoms with Crippen LogP contribution >= 0.6 is 0 Å². The summed E-state index contributed by atoms with van der Waals surface area (Å²) in [5, 5.41) is 3.56. The van der Waals surface area contributed by atoms with Crippen LogP contribution in [0.1, 0.15) is 52.9 Å². The molecule has 0 radical (unpaired) electrons. The minimum atomic E-state index is -0.226. The van der Waals surface area contributed by atoms with Crippen molar-refractivity contribution in [3.63, 3.8) is 0 Å². The molecule has 3 heteroatoms. The molecule has 0 aromatic carbocycles. The van der Waals surface area contributed by atoms with E-state index >= 15 is 0 Å². The van der Waals surface area contributed by atoms with E-state index in [1.165, 1.54) is 25.7 Å². The first-order valence-corrected chi connectivity index (χ1v) is 5.95. The molecule has 1 aliphatic carbocycles. The lowest BCUT2D eigenvalue weighted by Crippen LogP contribution is -2.49. The number of hydrogen-bond donors (Lipinski definition) is 2. The van der Waals surface area contributed by atoms with Gasteiger partial charge >= 0.3 is 0 Å². The number of amides is 1. The molecule has 0 spiro atoms. The number of carbonyl (C=O) groups is 1. The first kappa shape index (κ1) is 12.5. The van der Waals surface area contributed by atoms with Gasteiger partial charge in [-0.05, 0) is 32.6 Å². The van der Waals surface area contributed by atoms with E-state index in [4.69, 9.17) is 5.73 Å². The fraction of sp³-hybridized carbons (Fsp3) is 0.917. The minimum Gasteiger partial charge on any atom is -0.370 e. The Kier molecular flexibility index (Phi) is 4.14. The van der Waals surface area contributed by atoms with Gasteiger partial charge in [-0.1, -0.05) is 19.8 Å². The summed E-state index contributed by atoms with van der Waals surface area (Å²) >= 11 is 0. The molecule has 2 atom stereocenters. The molecule has 0 saturated heterocycles. The molecule has 0 bridgehead atoms. The van der Waals surface area contributed by atoms with Gasteiger partial charge in [0.15, 0.2) is 0 Å². The third-order valence-electron chi connectivity index (χ3n) is 3.15. The molecule has 3 nitrogen and oxygen atoms in total. The summed E-state index contributed by atoms with van der Waals surface area (Å²) in [6, 6.07) is 0.558. The zero-order valence-electron chi connectivity index (χ0n) is 10.2. The summed E-state index contributed by atoms with van der Waals surface area (Å²) in [5.74, 6) is 0.581. The smallest absolute Gasteiger partial charge is 0.219 e. The Morgan fingerprint density at radius 2 is 2.13 bits per heavy atom. The monoisotopic (exact) mass is 212 g/mol. The highest BCUT2D eigenvalue weighted by molar-refractivity contribution is 5.75. The zero-order chi connectivity index (χ0) is 11.5. The Morgan fingerprint density at radius 3 is 2.67 bits per heavy atom. The lowest BCUT2D eigenvalue weighted by molar-refractivity contribution is -0.119. The summed E-state index contributed by atoms with van der Waals surface area (Å²) in [4.78, 5) is 10.9. The lowest BCUT2D eigenvalue weighted by Gasteiger charge is -2.35. The second-order valence-electron chi connectivity index (χ2n) is 5.64. The molecular weight excluding hydrogens is 188 g/mol. The van der Waals surface area contributed by atoms with Gasteiger partial charge in [0.25, 0.3) is 0 Å². The molecular formula is C12H24N2O. The molecule has 1 aliphatic rings. The molecule has 1 fully saturated rings. The molecule has 0 aliphatic heterocycles. The fourth-order valence-electron chi connectivity index (χ4n) is 2.60. The van der Waals surface area contributed by atoms with E-state index in [1.54, 1.807) is 0 Å². The van der Waals surface area contributed by atoms with Crippen molar-refractivity contribution in [2.75, 3.05) is 0 Å². The highest BCUT2D eigenvalue weighted by Gasteiger charge is 2.26. The first-order chi connectivity index (χ1) is 6.89. The topological polar surface area (TPSA) is 55.1 Å². The number of rotatable bonds is 4. The number of carbonyl (C=O) groups excluding carboxylic acids is 1. The van der Waals surface area contributed by atoms with Gasteiger partial charge in [-0.2, -0.15) is 0 Å². The third kappa shape index (κ3) is 4.65. The first-order valence-electron chi connectivity index (χ1n) is 5.95. The maximum Gasteiger partial charge on any atom is 0.219 e. The summed E-state index contributed by atoms with van der Waals surface area (Å²) in [7, 11) is 0. The molecule has 1 amide bonds. The van der Waals surface area contributed by atoms with Gasteiger partial charge in [0, 0.05) is 18.0 Å². The number of primary amides is 1. The molecule has 2 unspecified atom stereocenters. The summed E-state index contributed by atoms with van der Waals surface area (Å²) in [5.41, 5.74) is 5.07. The van der Waals surface area contributed by atoms with Crippen molar-refractivity contribution in [3.8, 4) is 0 Å². The third-order valence-corrected chi connectivity index (χ3v) is 3.15. The Bertz CT molecular complexity index is 226. The van der Waals surface area contributed by atoms with Crippen LogP contribution in [0.25, 0.3) is 0 Å². The molecule has 0 aromatic rings. The van der Waals surface area contributed by atoms with Crippen molar-refractivity contribution in [1.82, 2.24) is 5.32 Å². The van der Waals surface area contributed by atoms with Crippen LogP contribution in [-0.4, -0.2) is 17.5 Å². The predicted octanol–water partition coefficient (Wildman–Crippen LogP) is 1.81. The SMILES string of the molecule is CC1CCCC(NC(C)(C)CC(N)=O)C1. The van der Waals surface area contributed by atoms with Crippen LogP contribution in [0.15, 0.2) is 0 Å². The highest BCUT2D eigenvalue weighted by atomic mass is 16.1. The average molecular weight is 212 g/mol. The van der Waals surface area contributed by atoms with Gasteiger partial charge in [0.1, 0.15) is 0 Å². The summed E-state index contributed by atoms with van der Waals surface area (Å²) in [6.07, 6.45) is 5.51. The van der Waals surface area contributed by atoms with Crippen LogP contribution in [0.3, 0.4) is 0 Å². The normalized spacial score (nSPS) is 27.7. The van der Waals surface area contributed by atoms with E-state index < -0.39 is 0 Å². The van der Waals surface area contributed by atoms with Gasteiger partial charge in [0.05, 0.1) is 0 Å². The van der Waals surface area contributed by atoms with Crippen molar-refractivity contribution < 1.29 is 4.79 Å². The molecule has 3 N–H and O–H groups in total. The van der Waals surface area contributed by atoms with Crippen LogP contribution in [0.2, 0.25) is 0 Å². The fourth-order valence-corrected chi connectivity index (χ4v) is 2.60. The molecule has 1 rings (SSSR count). The number of nitrogens with one attached hydrogen (secondary N) is 1. The standard InChI is InChI=1S/C12H24N2O/c1-9-5-4-6-10(7-9)14-12(2,3)8-11(13)15/h9-10,14H,4-8H2,1-3H3,(H2,13,15). The number of nitrogens with two attached hydrogens (primary N) is 1. The highest BCUT2D eigenvalue weighted by Crippen LogP contribution is 2.25. The van der Waals surface area contributed by atoms with E-state index in [1.807, 2.05) is 0 Å². The number of hydrogen-bond acceptors (Lipinski definition) is 2. The van der Waals surface area contributed by atoms with E-state index in [0.29, 0.717) is 12.5 Å². The van der Waals surface area contributed by atoms with Crippen LogP contribution in [0, 0.1) is 5.92 Å². The molecule has 88 valence electrons. The van der Waals surface area contributed by atoms with Gasteiger partial charge in [0.2, 0.25) is 5.91 Å². The van der Waals surface area contributed by atoms with Crippen LogP contribution in [0.5, 0.6) is 0 Å². The van der Waals surface area contributed by atoms with Crippen molar-refractivity contribution in [3.05, 3.63) is 0 Å². The van der Waals surface area contributed by atoms with Gasteiger partial charge in [-0.25, -0.2) is 0 Å².